The predicted molar refractivity (Wildman–Crippen MR) is 73.3 cm³/mol. The lowest BCUT2D eigenvalue weighted by molar-refractivity contribution is -0.142. The number of nitrogens with one attached hydrogen (secondary N) is 1. The number of hydrogen-bond donors (Lipinski definition) is 1. The van der Waals surface area contributed by atoms with Gasteiger partial charge in [-0.05, 0) is 13.3 Å². The number of aryl methyl sites for hydroxylation is 1. The van der Waals surface area contributed by atoms with Crippen molar-refractivity contribution in [1.29, 1.82) is 0 Å². The second-order valence-electron chi connectivity index (χ2n) is 6.16. The van der Waals surface area contributed by atoms with E-state index in [1.807, 2.05) is 11.6 Å². The van der Waals surface area contributed by atoms with Crippen LogP contribution in [0, 0.1) is 0 Å². The van der Waals surface area contributed by atoms with Crippen molar-refractivity contribution in [2.45, 2.75) is 70.7 Å². The van der Waals surface area contributed by atoms with Crippen LogP contribution in [0.2, 0.25) is 0 Å². The van der Waals surface area contributed by atoms with Gasteiger partial charge in [0.25, 0.3) is 0 Å². The fourth-order valence-electron chi connectivity index (χ4n) is 2.89. The van der Waals surface area contributed by atoms with E-state index < -0.39 is 0 Å². The van der Waals surface area contributed by atoms with Crippen molar-refractivity contribution in [3.63, 3.8) is 0 Å². The molecule has 3 rings (SSSR count). The largest absolute Gasteiger partial charge is 0.461 e. The molecule has 20 heavy (non-hydrogen) atoms. The average Bonchev–Trinajstić information content (AvgIpc) is 2.93. The standard InChI is InChI=1S/C14H22N4O2/c1-8(2)13-16-12-5-4-10(7-18(12)17-13)15-11-6-9(3)20-14(11)19/h8-11,15H,4-7H2,1-3H3/t9-,10-,11+/m1/s1. The average molecular weight is 278 g/mol. The maximum atomic E-state index is 11.7. The van der Waals surface area contributed by atoms with E-state index in [1.54, 1.807) is 0 Å². The van der Waals surface area contributed by atoms with Crippen molar-refractivity contribution in [1.82, 2.24) is 20.1 Å². The van der Waals surface area contributed by atoms with Crippen LogP contribution in [-0.4, -0.2) is 38.9 Å². The number of nitrogens with zero attached hydrogens (tertiary/aromatic N) is 3. The summed E-state index contributed by atoms with van der Waals surface area (Å²) in [6, 6.07) is 0.108. The van der Waals surface area contributed by atoms with Gasteiger partial charge in [-0.1, -0.05) is 13.8 Å². The van der Waals surface area contributed by atoms with E-state index in [2.05, 4.69) is 29.2 Å². The first kappa shape index (κ1) is 13.5. The molecule has 6 nitrogen and oxygen atoms in total. The van der Waals surface area contributed by atoms with Crippen molar-refractivity contribution in [3.05, 3.63) is 11.6 Å². The van der Waals surface area contributed by atoms with Crippen LogP contribution in [0.5, 0.6) is 0 Å². The molecule has 0 aromatic carbocycles. The molecule has 3 heterocycles. The molecule has 3 atom stereocenters. The minimum Gasteiger partial charge on any atom is -0.461 e. The quantitative estimate of drug-likeness (QED) is 0.836. The van der Waals surface area contributed by atoms with Gasteiger partial charge in [0.05, 0.1) is 6.54 Å². The summed E-state index contributed by atoms with van der Waals surface area (Å²) >= 11 is 0. The van der Waals surface area contributed by atoms with Crippen molar-refractivity contribution >= 4 is 5.97 Å². The summed E-state index contributed by atoms with van der Waals surface area (Å²) in [5.41, 5.74) is 0. The molecule has 0 unspecified atom stereocenters. The van der Waals surface area contributed by atoms with E-state index in [-0.39, 0.29) is 24.2 Å². The highest BCUT2D eigenvalue weighted by Crippen LogP contribution is 2.20. The molecule has 110 valence electrons. The summed E-state index contributed by atoms with van der Waals surface area (Å²) in [4.78, 5) is 16.3. The molecule has 1 fully saturated rings. The lowest BCUT2D eigenvalue weighted by atomic mass is 10.1. The zero-order valence-corrected chi connectivity index (χ0v) is 12.3. The van der Waals surface area contributed by atoms with Crippen molar-refractivity contribution in [2.75, 3.05) is 0 Å². The normalized spacial score (nSPS) is 29.6. The van der Waals surface area contributed by atoms with E-state index in [4.69, 9.17) is 4.74 Å². The number of cyclic esters (lactones) is 1. The molecular formula is C14H22N4O2. The van der Waals surface area contributed by atoms with Gasteiger partial charge in [0.15, 0.2) is 5.82 Å². The molecule has 2 aliphatic rings. The van der Waals surface area contributed by atoms with Crippen molar-refractivity contribution in [3.8, 4) is 0 Å². The fourth-order valence-corrected chi connectivity index (χ4v) is 2.89. The van der Waals surface area contributed by atoms with Crippen molar-refractivity contribution < 1.29 is 9.53 Å². The second kappa shape index (κ2) is 5.16. The van der Waals surface area contributed by atoms with Gasteiger partial charge in [0.2, 0.25) is 0 Å². The van der Waals surface area contributed by atoms with E-state index in [0.717, 1.165) is 37.5 Å². The molecular weight excluding hydrogens is 256 g/mol. The van der Waals surface area contributed by atoms with Gasteiger partial charge in [0, 0.05) is 24.8 Å². The number of fused-ring (bicyclic) bond motifs is 1. The molecule has 0 aliphatic carbocycles. The Morgan fingerprint density at radius 3 is 2.90 bits per heavy atom. The Morgan fingerprint density at radius 1 is 1.45 bits per heavy atom. The molecule has 0 bridgehead atoms. The first-order chi connectivity index (χ1) is 9.52. The Balaban J connectivity index is 1.65. The first-order valence-corrected chi connectivity index (χ1v) is 7.43. The van der Waals surface area contributed by atoms with Gasteiger partial charge in [-0.3, -0.25) is 10.1 Å². The summed E-state index contributed by atoms with van der Waals surface area (Å²) in [7, 11) is 0. The Hall–Kier alpha value is -1.43. The lowest BCUT2D eigenvalue weighted by Crippen LogP contribution is -2.45. The SMILES string of the molecule is CC(C)c1nc2n(n1)C[C@H](N[C@H]1C[C@@H](C)OC1=O)CC2. The summed E-state index contributed by atoms with van der Waals surface area (Å²) < 4.78 is 7.17. The van der Waals surface area contributed by atoms with Gasteiger partial charge < -0.3 is 4.74 Å². The van der Waals surface area contributed by atoms with Gasteiger partial charge >= 0.3 is 5.97 Å². The van der Waals surface area contributed by atoms with Gasteiger partial charge in [-0.2, -0.15) is 5.10 Å². The third-order valence-corrected chi connectivity index (χ3v) is 4.00. The monoisotopic (exact) mass is 278 g/mol. The molecule has 1 saturated heterocycles. The molecule has 1 aromatic rings. The predicted octanol–water partition coefficient (Wildman–Crippen LogP) is 1.01. The maximum Gasteiger partial charge on any atom is 0.323 e. The van der Waals surface area contributed by atoms with Gasteiger partial charge in [-0.15, -0.1) is 0 Å². The van der Waals surface area contributed by atoms with Gasteiger partial charge in [-0.25, -0.2) is 9.67 Å². The van der Waals surface area contributed by atoms with Crippen LogP contribution in [0.25, 0.3) is 0 Å². The zero-order chi connectivity index (χ0) is 14.3. The van der Waals surface area contributed by atoms with Crippen LogP contribution >= 0.6 is 0 Å². The van der Waals surface area contributed by atoms with Crippen LogP contribution < -0.4 is 5.32 Å². The summed E-state index contributed by atoms with van der Waals surface area (Å²) in [6.07, 6.45) is 2.69. The molecule has 0 spiro atoms. The third-order valence-electron chi connectivity index (χ3n) is 4.00. The Labute approximate surface area is 118 Å². The topological polar surface area (TPSA) is 69.0 Å². The van der Waals surface area contributed by atoms with E-state index >= 15 is 0 Å². The minimum atomic E-state index is -0.162. The highest BCUT2D eigenvalue weighted by Gasteiger charge is 2.34. The summed E-state index contributed by atoms with van der Waals surface area (Å²) in [5.74, 6) is 2.21. The highest BCUT2D eigenvalue weighted by atomic mass is 16.6. The number of carbonyl (C=O) groups is 1. The minimum absolute atomic E-state index is 0.0260. The van der Waals surface area contributed by atoms with E-state index in [1.165, 1.54) is 0 Å². The lowest BCUT2D eigenvalue weighted by Gasteiger charge is -2.25. The Morgan fingerprint density at radius 2 is 2.25 bits per heavy atom. The number of esters is 1. The molecule has 1 N–H and O–H groups in total. The number of carbonyl (C=O) groups excluding carboxylic acids is 1. The van der Waals surface area contributed by atoms with Gasteiger partial charge in [0.1, 0.15) is 18.0 Å². The smallest absolute Gasteiger partial charge is 0.323 e. The maximum absolute atomic E-state index is 11.7. The number of hydrogen-bond acceptors (Lipinski definition) is 5. The van der Waals surface area contributed by atoms with Crippen molar-refractivity contribution in [2.24, 2.45) is 0 Å². The molecule has 0 radical (unpaired) electrons. The van der Waals surface area contributed by atoms with E-state index in [9.17, 15) is 4.79 Å². The number of aromatic nitrogens is 3. The highest BCUT2D eigenvalue weighted by molar-refractivity contribution is 5.77. The first-order valence-electron chi connectivity index (χ1n) is 7.43. The molecule has 2 aliphatic heterocycles. The molecule has 1 aromatic heterocycles. The Kier molecular flexibility index (Phi) is 3.50. The van der Waals surface area contributed by atoms with Crippen LogP contribution in [0.4, 0.5) is 0 Å². The number of ether oxygens (including phenoxy) is 1. The van der Waals surface area contributed by atoms with Crippen LogP contribution in [-0.2, 0) is 22.5 Å². The fraction of sp³-hybridized carbons (Fsp3) is 0.786. The molecule has 6 heteroatoms. The second-order valence-corrected chi connectivity index (χ2v) is 6.16. The molecule has 0 amide bonds. The zero-order valence-electron chi connectivity index (χ0n) is 12.3. The summed E-state index contributed by atoms with van der Waals surface area (Å²) in [6.45, 7) is 6.93. The third kappa shape index (κ3) is 2.57. The summed E-state index contributed by atoms with van der Waals surface area (Å²) in [5, 5.41) is 7.97. The van der Waals surface area contributed by atoms with Crippen LogP contribution in [0.1, 0.15) is 51.2 Å². The Bertz CT molecular complexity index is 511. The van der Waals surface area contributed by atoms with Crippen LogP contribution in [0.15, 0.2) is 0 Å². The number of rotatable bonds is 3. The molecule has 0 saturated carbocycles. The van der Waals surface area contributed by atoms with Crippen LogP contribution in [0.3, 0.4) is 0 Å². The van der Waals surface area contributed by atoms with E-state index in [0.29, 0.717) is 5.92 Å².